The van der Waals surface area contributed by atoms with Crippen LogP contribution in [0.3, 0.4) is 0 Å². The Balaban J connectivity index is 2.58. The summed E-state index contributed by atoms with van der Waals surface area (Å²) in [6, 6.07) is 2.06. The minimum Gasteiger partial charge on any atom is -0.356 e. The Morgan fingerprint density at radius 2 is 2.38 bits per heavy atom. The molecule has 0 saturated heterocycles. The van der Waals surface area contributed by atoms with E-state index in [1.807, 2.05) is 37.0 Å². The van der Waals surface area contributed by atoms with Gasteiger partial charge in [-0.2, -0.15) is 0 Å². The molecule has 1 amide bonds. The smallest absolute Gasteiger partial charge is 0.253 e. The largest absolute Gasteiger partial charge is 0.356 e. The van der Waals surface area contributed by atoms with E-state index in [4.69, 9.17) is 0 Å². The quantitative estimate of drug-likeness (QED) is 0.752. The number of carbonyl (C=O) groups is 1. The van der Waals surface area contributed by atoms with Gasteiger partial charge in [0.05, 0.1) is 5.56 Å². The number of rotatable bonds is 3. The van der Waals surface area contributed by atoms with Gasteiger partial charge in [0.25, 0.3) is 5.91 Å². The Kier molecular flexibility index (Phi) is 3.12. The van der Waals surface area contributed by atoms with Crippen molar-refractivity contribution in [2.75, 3.05) is 0 Å². The zero-order chi connectivity index (χ0) is 9.84. The minimum atomic E-state index is 0.00921. The second kappa shape index (κ2) is 4.12. The van der Waals surface area contributed by atoms with Crippen LogP contribution in [0, 0.1) is 0 Å². The molecule has 1 unspecified atom stereocenters. The SMILES string of the molecule is CCC(C)NC(=O)c1ccn(C)c1. The van der Waals surface area contributed by atoms with Gasteiger partial charge in [-0.25, -0.2) is 0 Å². The molecule has 72 valence electrons. The molecule has 0 radical (unpaired) electrons. The van der Waals surface area contributed by atoms with E-state index in [0.717, 1.165) is 12.0 Å². The average Bonchev–Trinajstić information content (AvgIpc) is 2.51. The zero-order valence-electron chi connectivity index (χ0n) is 8.37. The molecular formula is C10H16N2O. The van der Waals surface area contributed by atoms with Crippen LogP contribution in [-0.2, 0) is 7.05 Å². The molecular weight excluding hydrogens is 164 g/mol. The number of aromatic nitrogens is 1. The lowest BCUT2D eigenvalue weighted by Crippen LogP contribution is -2.31. The fraction of sp³-hybridized carbons (Fsp3) is 0.500. The topological polar surface area (TPSA) is 34.0 Å². The number of nitrogens with one attached hydrogen (secondary N) is 1. The van der Waals surface area contributed by atoms with Crippen LogP contribution in [0.2, 0.25) is 0 Å². The number of amides is 1. The lowest BCUT2D eigenvalue weighted by Gasteiger charge is -2.09. The maximum Gasteiger partial charge on any atom is 0.253 e. The third-order valence-corrected chi connectivity index (χ3v) is 2.08. The zero-order valence-corrected chi connectivity index (χ0v) is 8.37. The van der Waals surface area contributed by atoms with Crippen molar-refractivity contribution in [3.8, 4) is 0 Å². The average molecular weight is 180 g/mol. The fourth-order valence-electron chi connectivity index (χ4n) is 1.05. The van der Waals surface area contributed by atoms with Gasteiger partial charge in [-0.05, 0) is 19.4 Å². The third-order valence-electron chi connectivity index (χ3n) is 2.08. The van der Waals surface area contributed by atoms with E-state index in [0.29, 0.717) is 0 Å². The highest BCUT2D eigenvalue weighted by molar-refractivity contribution is 5.94. The van der Waals surface area contributed by atoms with Gasteiger partial charge in [-0.3, -0.25) is 4.79 Å². The second-order valence-corrected chi connectivity index (χ2v) is 3.35. The molecule has 0 bridgehead atoms. The molecule has 1 aromatic rings. The van der Waals surface area contributed by atoms with Gasteiger partial charge in [-0.15, -0.1) is 0 Å². The van der Waals surface area contributed by atoms with Crippen LogP contribution < -0.4 is 5.32 Å². The molecule has 1 atom stereocenters. The summed E-state index contributed by atoms with van der Waals surface area (Å²) in [4.78, 5) is 11.5. The van der Waals surface area contributed by atoms with Crippen molar-refractivity contribution in [2.24, 2.45) is 7.05 Å². The van der Waals surface area contributed by atoms with Crippen LogP contribution in [0.25, 0.3) is 0 Å². The van der Waals surface area contributed by atoms with Crippen molar-refractivity contribution >= 4 is 5.91 Å². The number of aryl methyl sites for hydroxylation is 1. The molecule has 1 heterocycles. The summed E-state index contributed by atoms with van der Waals surface area (Å²) in [6.45, 7) is 4.05. The fourth-order valence-corrected chi connectivity index (χ4v) is 1.05. The van der Waals surface area contributed by atoms with Crippen LogP contribution in [0.1, 0.15) is 30.6 Å². The Bertz CT molecular complexity index is 291. The second-order valence-electron chi connectivity index (χ2n) is 3.35. The molecule has 13 heavy (non-hydrogen) atoms. The van der Waals surface area contributed by atoms with Crippen molar-refractivity contribution in [3.05, 3.63) is 24.0 Å². The van der Waals surface area contributed by atoms with E-state index in [-0.39, 0.29) is 11.9 Å². The summed E-state index contributed by atoms with van der Waals surface area (Å²) in [5, 5.41) is 2.91. The first-order valence-corrected chi connectivity index (χ1v) is 4.56. The first-order valence-electron chi connectivity index (χ1n) is 4.56. The van der Waals surface area contributed by atoms with Crippen molar-refractivity contribution in [1.29, 1.82) is 0 Å². The normalized spacial score (nSPS) is 12.5. The van der Waals surface area contributed by atoms with Crippen molar-refractivity contribution < 1.29 is 4.79 Å². The number of hydrogen-bond donors (Lipinski definition) is 1. The first kappa shape index (κ1) is 9.84. The number of hydrogen-bond acceptors (Lipinski definition) is 1. The standard InChI is InChI=1S/C10H16N2O/c1-4-8(2)11-10(13)9-5-6-12(3)7-9/h5-8H,4H2,1-3H3,(H,11,13). The lowest BCUT2D eigenvalue weighted by molar-refractivity contribution is 0.0939. The molecule has 0 aliphatic heterocycles. The Hall–Kier alpha value is -1.25. The van der Waals surface area contributed by atoms with Crippen molar-refractivity contribution in [1.82, 2.24) is 9.88 Å². The Morgan fingerprint density at radius 1 is 1.69 bits per heavy atom. The predicted octanol–water partition coefficient (Wildman–Crippen LogP) is 1.55. The van der Waals surface area contributed by atoms with Crippen LogP contribution in [0.5, 0.6) is 0 Å². The van der Waals surface area contributed by atoms with E-state index in [1.54, 1.807) is 0 Å². The van der Waals surface area contributed by atoms with Gasteiger partial charge in [0.1, 0.15) is 0 Å². The van der Waals surface area contributed by atoms with E-state index in [2.05, 4.69) is 12.2 Å². The molecule has 1 N–H and O–H groups in total. The Morgan fingerprint density at radius 3 is 2.85 bits per heavy atom. The molecule has 0 saturated carbocycles. The van der Waals surface area contributed by atoms with Gasteiger partial charge in [0.15, 0.2) is 0 Å². The highest BCUT2D eigenvalue weighted by atomic mass is 16.1. The van der Waals surface area contributed by atoms with E-state index < -0.39 is 0 Å². The van der Waals surface area contributed by atoms with Crippen LogP contribution in [0.15, 0.2) is 18.5 Å². The monoisotopic (exact) mass is 180 g/mol. The van der Waals surface area contributed by atoms with Gasteiger partial charge < -0.3 is 9.88 Å². The summed E-state index contributed by atoms with van der Waals surface area (Å²) >= 11 is 0. The summed E-state index contributed by atoms with van der Waals surface area (Å²) in [5.74, 6) is 0.00921. The van der Waals surface area contributed by atoms with Crippen LogP contribution >= 0.6 is 0 Å². The van der Waals surface area contributed by atoms with Crippen LogP contribution in [0.4, 0.5) is 0 Å². The summed E-state index contributed by atoms with van der Waals surface area (Å²) in [6.07, 6.45) is 4.64. The summed E-state index contributed by atoms with van der Waals surface area (Å²) in [5.41, 5.74) is 0.725. The predicted molar refractivity (Wildman–Crippen MR) is 52.6 cm³/mol. The maximum atomic E-state index is 11.5. The molecule has 0 aromatic carbocycles. The number of nitrogens with zero attached hydrogens (tertiary/aromatic N) is 1. The van der Waals surface area contributed by atoms with Crippen molar-refractivity contribution in [2.45, 2.75) is 26.3 Å². The molecule has 0 fully saturated rings. The van der Waals surface area contributed by atoms with Gasteiger partial charge in [0.2, 0.25) is 0 Å². The molecule has 0 aliphatic carbocycles. The highest BCUT2D eigenvalue weighted by Gasteiger charge is 2.08. The van der Waals surface area contributed by atoms with E-state index in [9.17, 15) is 4.79 Å². The van der Waals surface area contributed by atoms with Gasteiger partial charge >= 0.3 is 0 Å². The summed E-state index contributed by atoms with van der Waals surface area (Å²) < 4.78 is 1.87. The Labute approximate surface area is 78.8 Å². The molecule has 0 aliphatic rings. The summed E-state index contributed by atoms with van der Waals surface area (Å²) in [7, 11) is 1.90. The van der Waals surface area contributed by atoms with E-state index in [1.165, 1.54) is 0 Å². The molecule has 3 heteroatoms. The minimum absolute atomic E-state index is 0.00921. The molecule has 1 aromatic heterocycles. The maximum absolute atomic E-state index is 11.5. The molecule has 3 nitrogen and oxygen atoms in total. The van der Waals surface area contributed by atoms with Crippen LogP contribution in [-0.4, -0.2) is 16.5 Å². The molecule has 1 rings (SSSR count). The van der Waals surface area contributed by atoms with Gasteiger partial charge in [0, 0.05) is 25.5 Å². The molecule has 0 spiro atoms. The lowest BCUT2D eigenvalue weighted by atomic mass is 10.2. The number of carbonyl (C=O) groups excluding carboxylic acids is 1. The highest BCUT2D eigenvalue weighted by Crippen LogP contribution is 2.00. The van der Waals surface area contributed by atoms with E-state index >= 15 is 0 Å². The van der Waals surface area contributed by atoms with Crippen molar-refractivity contribution in [3.63, 3.8) is 0 Å². The van der Waals surface area contributed by atoms with Gasteiger partial charge in [-0.1, -0.05) is 6.92 Å². The first-order chi connectivity index (χ1) is 6.13. The third kappa shape index (κ3) is 2.61.